The van der Waals surface area contributed by atoms with E-state index in [1.165, 1.54) is 16.8 Å². The lowest BCUT2D eigenvalue weighted by molar-refractivity contribution is 0.480. The van der Waals surface area contributed by atoms with Crippen molar-refractivity contribution in [2.45, 2.75) is 19.4 Å². The van der Waals surface area contributed by atoms with Gasteiger partial charge in [-0.05, 0) is 31.5 Å². The molecule has 0 amide bonds. The van der Waals surface area contributed by atoms with E-state index < -0.39 is 0 Å². The Morgan fingerprint density at radius 1 is 1.33 bits per heavy atom. The van der Waals surface area contributed by atoms with E-state index in [4.69, 9.17) is 0 Å². The van der Waals surface area contributed by atoms with Crippen LogP contribution in [0.1, 0.15) is 18.2 Å². The zero-order chi connectivity index (χ0) is 12.5. The predicted molar refractivity (Wildman–Crippen MR) is 76.6 cm³/mol. The zero-order valence-electron chi connectivity index (χ0n) is 10.4. The summed E-state index contributed by atoms with van der Waals surface area (Å²) in [6.45, 7) is 4.27. The van der Waals surface area contributed by atoms with Crippen LogP contribution in [0.3, 0.4) is 0 Å². The number of hydrogen-bond acceptors (Lipinski definition) is 2. The molecule has 0 radical (unpaired) electrons. The average molecular weight is 306 g/mol. The summed E-state index contributed by atoms with van der Waals surface area (Å²) < 4.78 is 3.28. The second-order valence-corrected chi connectivity index (χ2v) is 5.57. The molecule has 0 aliphatic carbocycles. The lowest BCUT2D eigenvalue weighted by Gasteiger charge is -2.12. The van der Waals surface area contributed by atoms with Gasteiger partial charge in [0.25, 0.3) is 0 Å². The largest absolute Gasteiger partial charge is 0.315 e. The molecule has 0 spiro atoms. The zero-order valence-corrected chi connectivity index (χ0v) is 11.9. The number of benzene rings is 1. The van der Waals surface area contributed by atoms with E-state index in [0.717, 1.165) is 24.0 Å². The van der Waals surface area contributed by atoms with Gasteiger partial charge in [-0.3, -0.25) is 4.68 Å². The lowest BCUT2D eigenvalue weighted by atomic mass is 10.1. The minimum Gasteiger partial charge on any atom is -0.315 e. The van der Waals surface area contributed by atoms with E-state index >= 15 is 0 Å². The Morgan fingerprint density at radius 3 is 2.89 bits per heavy atom. The Hall–Kier alpha value is -1.13. The number of nitrogens with one attached hydrogen (secondary N) is 1. The van der Waals surface area contributed by atoms with E-state index in [1.807, 2.05) is 12.3 Å². The van der Waals surface area contributed by atoms with E-state index in [9.17, 15) is 0 Å². The maximum absolute atomic E-state index is 4.57. The molecule has 1 unspecified atom stereocenters. The quantitative estimate of drug-likeness (QED) is 0.923. The van der Waals surface area contributed by atoms with Crippen LogP contribution in [-0.2, 0) is 0 Å². The van der Waals surface area contributed by atoms with Gasteiger partial charge in [0.05, 0.1) is 12.2 Å². The van der Waals surface area contributed by atoms with Crippen molar-refractivity contribution in [1.82, 2.24) is 15.1 Å². The topological polar surface area (TPSA) is 29.9 Å². The van der Waals surface area contributed by atoms with Gasteiger partial charge >= 0.3 is 0 Å². The molecule has 1 aliphatic rings. The highest BCUT2D eigenvalue weighted by Gasteiger charge is 2.20. The molecule has 3 rings (SSSR count). The first-order chi connectivity index (χ1) is 8.77. The first kappa shape index (κ1) is 11.9. The average Bonchev–Trinajstić information content (AvgIpc) is 2.99. The highest BCUT2D eigenvalue weighted by Crippen LogP contribution is 2.31. The van der Waals surface area contributed by atoms with Gasteiger partial charge < -0.3 is 5.32 Å². The van der Waals surface area contributed by atoms with Crippen LogP contribution in [0.5, 0.6) is 0 Å². The Kier molecular flexibility index (Phi) is 3.22. The van der Waals surface area contributed by atoms with Gasteiger partial charge in [0.15, 0.2) is 0 Å². The molecule has 1 saturated heterocycles. The van der Waals surface area contributed by atoms with Crippen LogP contribution in [0.15, 0.2) is 34.9 Å². The Balaban J connectivity index is 2.02. The molecule has 0 bridgehead atoms. The molecule has 1 atom stereocenters. The molecule has 1 aromatic carbocycles. The minimum atomic E-state index is 0.501. The molecule has 1 aliphatic heterocycles. The summed E-state index contributed by atoms with van der Waals surface area (Å²) in [4.78, 5) is 0. The first-order valence-corrected chi connectivity index (χ1v) is 7.06. The van der Waals surface area contributed by atoms with Crippen LogP contribution < -0.4 is 5.32 Å². The summed E-state index contributed by atoms with van der Waals surface area (Å²) in [5, 5.41) is 7.96. The third kappa shape index (κ3) is 1.99. The van der Waals surface area contributed by atoms with Gasteiger partial charge in [-0.1, -0.05) is 34.1 Å². The standard InChI is InChI=1S/C14H16BrN3/c1-10-13(12-4-2-3-5-14(12)15)9-17-18(10)11-6-7-16-8-11/h2-5,9,11,16H,6-8H2,1H3. The first-order valence-electron chi connectivity index (χ1n) is 6.27. The molecule has 0 saturated carbocycles. The van der Waals surface area contributed by atoms with E-state index in [0.29, 0.717) is 6.04 Å². The molecule has 94 valence electrons. The summed E-state index contributed by atoms with van der Waals surface area (Å²) in [5.41, 5.74) is 3.68. The molecule has 1 fully saturated rings. The molecule has 1 N–H and O–H groups in total. The van der Waals surface area contributed by atoms with Crippen molar-refractivity contribution in [3.05, 3.63) is 40.6 Å². The number of aromatic nitrogens is 2. The number of nitrogens with zero attached hydrogens (tertiary/aromatic N) is 2. The van der Waals surface area contributed by atoms with Gasteiger partial charge in [-0.2, -0.15) is 5.10 Å². The fraction of sp³-hybridized carbons (Fsp3) is 0.357. The van der Waals surface area contributed by atoms with Crippen LogP contribution >= 0.6 is 15.9 Å². The van der Waals surface area contributed by atoms with Gasteiger partial charge in [-0.15, -0.1) is 0 Å². The number of halogens is 1. The third-order valence-corrected chi connectivity index (χ3v) is 4.28. The van der Waals surface area contributed by atoms with E-state index in [1.54, 1.807) is 0 Å². The second-order valence-electron chi connectivity index (χ2n) is 4.71. The van der Waals surface area contributed by atoms with Crippen molar-refractivity contribution in [2.24, 2.45) is 0 Å². The fourth-order valence-electron chi connectivity index (χ4n) is 2.58. The summed E-state index contributed by atoms with van der Waals surface area (Å²) in [5.74, 6) is 0. The van der Waals surface area contributed by atoms with Crippen LogP contribution in [0.4, 0.5) is 0 Å². The lowest BCUT2D eigenvalue weighted by Crippen LogP contribution is -2.15. The Labute approximate surface area is 115 Å². The summed E-state index contributed by atoms with van der Waals surface area (Å²) in [7, 11) is 0. The molecular formula is C14H16BrN3. The minimum absolute atomic E-state index is 0.501. The maximum atomic E-state index is 4.57. The maximum Gasteiger partial charge on any atom is 0.0658 e. The van der Waals surface area contributed by atoms with Gasteiger partial charge in [0, 0.05) is 22.3 Å². The SMILES string of the molecule is Cc1c(-c2ccccc2Br)cnn1C1CCNC1. The van der Waals surface area contributed by atoms with Gasteiger partial charge in [0.1, 0.15) is 0 Å². The molecule has 2 aromatic rings. The molecule has 1 aromatic heterocycles. The van der Waals surface area contributed by atoms with E-state index in [-0.39, 0.29) is 0 Å². The van der Waals surface area contributed by atoms with Gasteiger partial charge in [-0.25, -0.2) is 0 Å². The monoisotopic (exact) mass is 305 g/mol. The van der Waals surface area contributed by atoms with Crippen LogP contribution in [0, 0.1) is 6.92 Å². The van der Waals surface area contributed by atoms with Crippen molar-refractivity contribution in [1.29, 1.82) is 0 Å². The molecule has 4 heteroatoms. The van der Waals surface area contributed by atoms with Crippen LogP contribution in [0.2, 0.25) is 0 Å². The van der Waals surface area contributed by atoms with Crippen LogP contribution in [0.25, 0.3) is 11.1 Å². The summed E-state index contributed by atoms with van der Waals surface area (Å²) in [6, 6.07) is 8.80. The molecular weight excluding hydrogens is 290 g/mol. The number of rotatable bonds is 2. The Morgan fingerprint density at radius 2 is 2.17 bits per heavy atom. The second kappa shape index (κ2) is 4.86. The normalized spacial score (nSPS) is 19.3. The summed E-state index contributed by atoms with van der Waals surface area (Å²) in [6.07, 6.45) is 3.14. The third-order valence-electron chi connectivity index (χ3n) is 3.59. The molecule has 2 heterocycles. The van der Waals surface area contributed by atoms with Crippen LogP contribution in [-0.4, -0.2) is 22.9 Å². The number of hydrogen-bond donors (Lipinski definition) is 1. The van der Waals surface area contributed by atoms with E-state index in [2.05, 4.69) is 56.2 Å². The smallest absolute Gasteiger partial charge is 0.0658 e. The predicted octanol–water partition coefficient (Wildman–Crippen LogP) is 3.16. The van der Waals surface area contributed by atoms with Gasteiger partial charge in [0.2, 0.25) is 0 Å². The molecule has 18 heavy (non-hydrogen) atoms. The highest BCUT2D eigenvalue weighted by atomic mass is 79.9. The van der Waals surface area contributed by atoms with Crippen molar-refractivity contribution in [2.75, 3.05) is 13.1 Å². The fourth-order valence-corrected chi connectivity index (χ4v) is 3.08. The van der Waals surface area contributed by atoms with Crippen molar-refractivity contribution < 1.29 is 0 Å². The highest BCUT2D eigenvalue weighted by molar-refractivity contribution is 9.10. The van der Waals surface area contributed by atoms with Crippen molar-refractivity contribution >= 4 is 15.9 Å². The Bertz CT molecular complexity index is 556. The molecule has 3 nitrogen and oxygen atoms in total. The van der Waals surface area contributed by atoms with Crippen molar-refractivity contribution in [3.8, 4) is 11.1 Å². The summed E-state index contributed by atoms with van der Waals surface area (Å²) >= 11 is 3.61. The van der Waals surface area contributed by atoms with Crippen molar-refractivity contribution in [3.63, 3.8) is 0 Å².